The number of nitrogens with zero attached hydrogens (tertiary/aromatic N) is 1. The van der Waals surface area contributed by atoms with Crippen molar-refractivity contribution >= 4 is 35.3 Å². The zero-order valence-electron chi connectivity index (χ0n) is 21.7. The molecule has 2 N–H and O–H groups in total. The molecule has 2 aromatic carbocycles. The van der Waals surface area contributed by atoms with E-state index in [1.807, 2.05) is 42.5 Å². The van der Waals surface area contributed by atoms with Crippen molar-refractivity contribution in [3.05, 3.63) is 60.2 Å². The molecule has 200 valence electrons. The van der Waals surface area contributed by atoms with Gasteiger partial charge in [-0.2, -0.15) is 0 Å². The molecule has 0 spiro atoms. The molecule has 3 unspecified atom stereocenters. The Morgan fingerprint density at radius 2 is 1.68 bits per heavy atom. The Bertz CT molecular complexity index is 1030. The number of carboxylic acid groups (broad SMARTS) is 1. The minimum atomic E-state index is -1.10. The smallest absolute Gasteiger partial charge is 0.323 e. The van der Waals surface area contributed by atoms with Crippen molar-refractivity contribution in [2.24, 2.45) is 0 Å². The molecule has 1 aliphatic heterocycles. The number of nitrogens with one attached hydrogen (secondary N) is 1. The molecule has 0 aromatic heterocycles. The zero-order chi connectivity index (χ0) is 26.6. The van der Waals surface area contributed by atoms with Gasteiger partial charge in [0.15, 0.2) is 0 Å². The second kappa shape index (κ2) is 14.8. The number of hydrogen-bond acceptors (Lipinski definition) is 6. The molecule has 1 amide bonds. The minimum absolute atomic E-state index is 0.250. The fourth-order valence-electron chi connectivity index (χ4n) is 4.62. The third kappa shape index (κ3) is 8.07. The van der Waals surface area contributed by atoms with E-state index >= 15 is 0 Å². The molecular formula is C29H38N2O5S. The van der Waals surface area contributed by atoms with Crippen LogP contribution in [0.1, 0.15) is 69.6 Å². The first-order valence-corrected chi connectivity index (χ1v) is 14.1. The molecule has 1 aliphatic rings. The highest BCUT2D eigenvalue weighted by atomic mass is 32.2. The van der Waals surface area contributed by atoms with Crippen LogP contribution in [0.5, 0.6) is 0 Å². The van der Waals surface area contributed by atoms with Gasteiger partial charge in [-0.15, -0.1) is 11.8 Å². The Labute approximate surface area is 224 Å². The van der Waals surface area contributed by atoms with E-state index in [-0.39, 0.29) is 23.7 Å². The van der Waals surface area contributed by atoms with Crippen molar-refractivity contribution in [3.8, 4) is 0 Å². The van der Waals surface area contributed by atoms with Crippen LogP contribution in [-0.4, -0.2) is 48.2 Å². The summed E-state index contributed by atoms with van der Waals surface area (Å²) < 4.78 is 5.37. The van der Waals surface area contributed by atoms with E-state index in [0.29, 0.717) is 12.1 Å². The van der Waals surface area contributed by atoms with E-state index < -0.39 is 24.6 Å². The summed E-state index contributed by atoms with van der Waals surface area (Å²) in [6.45, 7) is 3.74. The molecule has 3 atom stereocenters. The summed E-state index contributed by atoms with van der Waals surface area (Å²) in [4.78, 5) is 40.9. The molecule has 37 heavy (non-hydrogen) atoms. The lowest BCUT2D eigenvalue weighted by Crippen LogP contribution is -2.54. The molecule has 7 nitrogen and oxygen atoms in total. The molecule has 8 heteroatoms. The number of carbonyl (C=O) groups is 3. The number of ether oxygens (including phenoxy) is 1. The van der Waals surface area contributed by atoms with Gasteiger partial charge in [-0.25, -0.2) is 0 Å². The number of thioether (sulfide) groups is 1. The molecule has 0 radical (unpaired) electrons. The molecule has 1 heterocycles. The molecule has 0 aliphatic carbocycles. The van der Waals surface area contributed by atoms with E-state index in [9.17, 15) is 19.5 Å². The first kappa shape index (κ1) is 28.7. The average molecular weight is 527 g/mol. The third-order valence-corrected chi connectivity index (χ3v) is 7.86. The van der Waals surface area contributed by atoms with Crippen molar-refractivity contribution in [1.82, 2.24) is 5.32 Å². The predicted octanol–water partition coefficient (Wildman–Crippen LogP) is 5.59. The number of carboxylic acids is 1. The Balaban J connectivity index is 1.94. The van der Waals surface area contributed by atoms with Gasteiger partial charge in [0.1, 0.15) is 18.6 Å². The number of esters is 1. The van der Waals surface area contributed by atoms with Crippen molar-refractivity contribution in [3.63, 3.8) is 0 Å². The molecular weight excluding hydrogens is 488 g/mol. The van der Waals surface area contributed by atoms with E-state index in [4.69, 9.17) is 4.74 Å². The monoisotopic (exact) mass is 526 g/mol. The van der Waals surface area contributed by atoms with Crippen molar-refractivity contribution < 1.29 is 24.2 Å². The average Bonchev–Trinajstić information content (AvgIpc) is 3.00. The number of aliphatic carboxylic acids is 1. The van der Waals surface area contributed by atoms with Crippen LogP contribution in [0.25, 0.3) is 0 Å². The number of fused-ring (bicyclic) bond motifs is 1. The standard InChI is InChI=1S/C29H38N2O5S/c1-3-5-6-7-8-12-17-22(29(35)36-4-2)30-26-27(21-15-10-9-11-16-21)37-24-19-14-13-18-23(24)31(28(26)34)20-25(32)33/h9-11,13-16,18-19,22,26-27,30H,3-8,12,17,20H2,1-2H3,(H,32,33). The topological polar surface area (TPSA) is 95.9 Å². The first-order chi connectivity index (χ1) is 18.0. The summed E-state index contributed by atoms with van der Waals surface area (Å²) >= 11 is 1.51. The second-order valence-electron chi connectivity index (χ2n) is 9.24. The number of para-hydroxylation sites is 1. The van der Waals surface area contributed by atoms with Gasteiger partial charge in [-0.05, 0) is 31.0 Å². The normalized spacial score (nSPS) is 18.1. The highest BCUT2D eigenvalue weighted by molar-refractivity contribution is 7.99. The predicted molar refractivity (Wildman–Crippen MR) is 147 cm³/mol. The van der Waals surface area contributed by atoms with E-state index in [0.717, 1.165) is 29.7 Å². The maximum absolute atomic E-state index is 14.0. The third-order valence-electron chi connectivity index (χ3n) is 6.46. The quantitative estimate of drug-likeness (QED) is 0.245. The van der Waals surface area contributed by atoms with Crippen LogP contribution in [0.2, 0.25) is 0 Å². The van der Waals surface area contributed by atoms with Crippen LogP contribution in [0, 0.1) is 0 Å². The van der Waals surface area contributed by atoms with Crippen LogP contribution in [-0.2, 0) is 19.1 Å². The highest BCUT2D eigenvalue weighted by Gasteiger charge is 2.41. The van der Waals surface area contributed by atoms with Gasteiger partial charge < -0.3 is 9.84 Å². The summed E-state index contributed by atoms with van der Waals surface area (Å²) in [6, 6.07) is 15.5. The van der Waals surface area contributed by atoms with Crippen LogP contribution < -0.4 is 10.2 Å². The molecule has 0 fully saturated rings. The van der Waals surface area contributed by atoms with Gasteiger partial charge in [0, 0.05) is 4.90 Å². The molecule has 0 bridgehead atoms. The highest BCUT2D eigenvalue weighted by Crippen LogP contribution is 2.45. The van der Waals surface area contributed by atoms with E-state index in [2.05, 4.69) is 12.2 Å². The lowest BCUT2D eigenvalue weighted by atomic mass is 10.0. The van der Waals surface area contributed by atoms with E-state index in [1.54, 1.807) is 19.1 Å². The number of hydrogen-bond donors (Lipinski definition) is 2. The van der Waals surface area contributed by atoms with Crippen LogP contribution >= 0.6 is 11.8 Å². The maximum atomic E-state index is 14.0. The summed E-state index contributed by atoms with van der Waals surface area (Å²) in [5, 5.41) is 12.6. The van der Waals surface area contributed by atoms with Gasteiger partial charge in [0.05, 0.1) is 17.5 Å². The fraction of sp³-hybridized carbons (Fsp3) is 0.483. The minimum Gasteiger partial charge on any atom is -0.480 e. The van der Waals surface area contributed by atoms with Gasteiger partial charge >= 0.3 is 11.9 Å². The number of unbranched alkanes of at least 4 members (excludes halogenated alkanes) is 5. The zero-order valence-corrected chi connectivity index (χ0v) is 22.5. The number of benzene rings is 2. The number of carbonyl (C=O) groups excluding carboxylic acids is 2. The molecule has 0 saturated heterocycles. The lowest BCUT2D eigenvalue weighted by Gasteiger charge is -2.31. The molecule has 3 rings (SSSR count). The lowest BCUT2D eigenvalue weighted by molar-refractivity contribution is -0.146. The van der Waals surface area contributed by atoms with Gasteiger partial charge in [0.2, 0.25) is 5.91 Å². The second-order valence-corrected chi connectivity index (χ2v) is 10.4. The van der Waals surface area contributed by atoms with Gasteiger partial charge in [-0.1, -0.05) is 87.9 Å². The van der Waals surface area contributed by atoms with Crippen molar-refractivity contribution in [1.29, 1.82) is 0 Å². The fourth-order valence-corrected chi connectivity index (χ4v) is 5.97. The SMILES string of the molecule is CCCCCCCCC(NC1C(=O)N(CC(=O)O)c2ccccc2SC1c1ccccc1)C(=O)OCC. The summed E-state index contributed by atoms with van der Waals surface area (Å²) in [7, 11) is 0. The molecule has 2 aromatic rings. The van der Waals surface area contributed by atoms with Crippen molar-refractivity contribution in [2.75, 3.05) is 18.1 Å². The Morgan fingerprint density at radius 3 is 2.38 bits per heavy atom. The summed E-state index contributed by atoms with van der Waals surface area (Å²) in [5.41, 5.74) is 1.49. The Kier molecular flexibility index (Phi) is 11.5. The molecule has 0 saturated carbocycles. The summed E-state index contributed by atoms with van der Waals surface area (Å²) in [5.74, 6) is -1.85. The number of rotatable bonds is 14. The van der Waals surface area contributed by atoms with Crippen LogP contribution in [0.15, 0.2) is 59.5 Å². The Hall–Kier alpha value is -2.84. The van der Waals surface area contributed by atoms with Crippen LogP contribution in [0.4, 0.5) is 5.69 Å². The maximum Gasteiger partial charge on any atom is 0.323 e. The number of amides is 1. The van der Waals surface area contributed by atoms with E-state index in [1.165, 1.54) is 35.9 Å². The van der Waals surface area contributed by atoms with Gasteiger partial charge in [-0.3, -0.25) is 24.6 Å². The van der Waals surface area contributed by atoms with Crippen molar-refractivity contribution in [2.45, 2.75) is 81.0 Å². The number of anilines is 1. The largest absolute Gasteiger partial charge is 0.480 e. The van der Waals surface area contributed by atoms with Crippen LogP contribution in [0.3, 0.4) is 0 Å². The summed E-state index contributed by atoms with van der Waals surface area (Å²) in [6.07, 6.45) is 7.04. The first-order valence-electron chi connectivity index (χ1n) is 13.2. The van der Waals surface area contributed by atoms with Gasteiger partial charge in [0.25, 0.3) is 0 Å². The Morgan fingerprint density at radius 1 is 1.00 bits per heavy atom.